The van der Waals surface area contributed by atoms with Gasteiger partial charge in [0.1, 0.15) is 5.01 Å². The molecule has 1 aromatic carbocycles. The zero-order valence-electron chi connectivity index (χ0n) is 13.4. The van der Waals surface area contributed by atoms with Crippen LogP contribution in [-0.4, -0.2) is 31.1 Å². The number of anilines is 1. The molecule has 0 fully saturated rings. The fourth-order valence-corrected chi connectivity index (χ4v) is 3.03. The lowest BCUT2D eigenvalue weighted by Gasteiger charge is -2.07. The maximum absolute atomic E-state index is 12.4. The number of nitrogens with zero attached hydrogens (tertiary/aromatic N) is 5. The first-order chi connectivity index (χ1) is 11.5. The molecule has 0 aliphatic carbocycles. The third kappa shape index (κ3) is 3.15. The van der Waals surface area contributed by atoms with Crippen LogP contribution in [0.25, 0.3) is 5.69 Å². The Hall–Kier alpha value is -2.32. The van der Waals surface area contributed by atoms with Crippen molar-refractivity contribution in [1.29, 1.82) is 0 Å². The standard InChI is InChI=1S/C15H15ClN6OS/c1-4-12-18-20-15(24-12)17-14(23)13-9(3)22(21-19-13)11-7-8(2)5-6-10(11)16/h5-7H,4H2,1-3H3,(H,17,20,23). The summed E-state index contributed by atoms with van der Waals surface area (Å²) in [4.78, 5) is 12.4. The van der Waals surface area contributed by atoms with Crippen LogP contribution >= 0.6 is 22.9 Å². The van der Waals surface area contributed by atoms with E-state index in [1.54, 1.807) is 17.7 Å². The Balaban J connectivity index is 1.89. The number of carbonyl (C=O) groups excluding carboxylic acids is 1. The molecule has 1 N–H and O–H groups in total. The second kappa shape index (κ2) is 6.66. The molecule has 0 radical (unpaired) electrons. The van der Waals surface area contributed by atoms with Crippen molar-refractivity contribution in [2.45, 2.75) is 27.2 Å². The number of aryl methyl sites for hydroxylation is 2. The van der Waals surface area contributed by atoms with E-state index in [-0.39, 0.29) is 11.6 Å². The van der Waals surface area contributed by atoms with Crippen molar-refractivity contribution in [1.82, 2.24) is 25.2 Å². The molecule has 2 aromatic heterocycles. The normalized spacial score (nSPS) is 10.8. The minimum absolute atomic E-state index is 0.223. The fraction of sp³-hybridized carbons (Fsp3) is 0.267. The van der Waals surface area contributed by atoms with Gasteiger partial charge in [-0.1, -0.05) is 41.1 Å². The highest BCUT2D eigenvalue weighted by molar-refractivity contribution is 7.15. The average molecular weight is 363 g/mol. The molecule has 0 saturated carbocycles. The lowest BCUT2D eigenvalue weighted by Crippen LogP contribution is -2.14. The van der Waals surface area contributed by atoms with Crippen molar-refractivity contribution in [2.24, 2.45) is 0 Å². The van der Waals surface area contributed by atoms with E-state index in [1.807, 2.05) is 26.0 Å². The van der Waals surface area contributed by atoms with Gasteiger partial charge in [0.15, 0.2) is 5.69 Å². The van der Waals surface area contributed by atoms with Crippen LogP contribution in [0.5, 0.6) is 0 Å². The maximum Gasteiger partial charge on any atom is 0.279 e. The lowest BCUT2D eigenvalue weighted by molar-refractivity contribution is 0.102. The molecule has 3 aromatic rings. The molecule has 7 nitrogen and oxygen atoms in total. The van der Waals surface area contributed by atoms with Crippen LogP contribution < -0.4 is 5.32 Å². The number of hydrogen-bond donors (Lipinski definition) is 1. The molecule has 124 valence electrons. The summed E-state index contributed by atoms with van der Waals surface area (Å²) in [5.74, 6) is -0.374. The monoisotopic (exact) mass is 362 g/mol. The van der Waals surface area contributed by atoms with Crippen molar-refractivity contribution >= 4 is 34.0 Å². The van der Waals surface area contributed by atoms with Crippen molar-refractivity contribution in [3.8, 4) is 5.69 Å². The number of hydrogen-bond acceptors (Lipinski definition) is 6. The van der Waals surface area contributed by atoms with Gasteiger partial charge in [0, 0.05) is 0 Å². The van der Waals surface area contributed by atoms with Gasteiger partial charge in [0.2, 0.25) is 5.13 Å². The highest BCUT2D eigenvalue weighted by Crippen LogP contribution is 2.23. The number of amides is 1. The fourth-order valence-electron chi connectivity index (χ4n) is 2.16. The summed E-state index contributed by atoms with van der Waals surface area (Å²) in [6.07, 6.45) is 0.772. The van der Waals surface area contributed by atoms with E-state index in [9.17, 15) is 4.79 Å². The van der Waals surface area contributed by atoms with Crippen molar-refractivity contribution < 1.29 is 4.79 Å². The van der Waals surface area contributed by atoms with Crippen LogP contribution in [0.2, 0.25) is 5.02 Å². The highest BCUT2D eigenvalue weighted by Gasteiger charge is 2.20. The topological polar surface area (TPSA) is 85.6 Å². The van der Waals surface area contributed by atoms with E-state index in [1.165, 1.54) is 11.3 Å². The van der Waals surface area contributed by atoms with Crippen molar-refractivity contribution in [3.05, 3.63) is 45.2 Å². The Morgan fingerprint density at radius 1 is 1.29 bits per heavy atom. The van der Waals surface area contributed by atoms with Gasteiger partial charge in [0.05, 0.1) is 16.4 Å². The van der Waals surface area contributed by atoms with E-state index >= 15 is 0 Å². The number of rotatable bonds is 4. The Labute approximate surface area is 147 Å². The number of carbonyl (C=O) groups is 1. The van der Waals surface area contributed by atoms with Gasteiger partial charge in [-0.05, 0) is 38.0 Å². The zero-order valence-corrected chi connectivity index (χ0v) is 14.9. The summed E-state index contributed by atoms with van der Waals surface area (Å²) >= 11 is 7.57. The number of halogens is 1. The first kappa shape index (κ1) is 16.5. The van der Waals surface area contributed by atoms with Gasteiger partial charge < -0.3 is 0 Å². The van der Waals surface area contributed by atoms with Crippen LogP contribution in [-0.2, 0) is 6.42 Å². The number of nitrogens with one attached hydrogen (secondary N) is 1. The van der Waals surface area contributed by atoms with E-state index in [2.05, 4.69) is 25.8 Å². The molecule has 3 rings (SSSR count). The minimum atomic E-state index is -0.374. The van der Waals surface area contributed by atoms with Crippen molar-refractivity contribution in [3.63, 3.8) is 0 Å². The molecule has 0 bridgehead atoms. The molecule has 0 aliphatic heterocycles. The summed E-state index contributed by atoms with van der Waals surface area (Å²) in [6, 6.07) is 5.59. The summed E-state index contributed by atoms with van der Waals surface area (Å²) < 4.78 is 1.56. The third-order valence-corrected chi connectivity index (χ3v) is 4.73. The van der Waals surface area contributed by atoms with E-state index in [4.69, 9.17) is 11.6 Å². The quantitative estimate of drug-likeness (QED) is 0.770. The smallest absolute Gasteiger partial charge is 0.279 e. The van der Waals surface area contributed by atoms with Crippen LogP contribution in [0.4, 0.5) is 5.13 Å². The first-order valence-corrected chi connectivity index (χ1v) is 8.51. The maximum atomic E-state index is 12.4. The lowest BCUT2D eigenvalue weighted by atomic mass is 10.2. The van der Waals surface area contributed by atoms with Crippen LogP contribution in [0.1, 0.15) is 33.7 Å². The van der Waals surface area contributed by atoms with E-state index < -0.39 is 0 Å². The molecule has 1 amide bonds. The van der Waals surface area contributed by atoms with Gasteiger partial charge in [-0.2, -0.15) is 0 Å². The Morgan fingerprint density at radius 3 is 2.79 bits per heavy atom. The van der Waals surface area contributed by atoms with Gasteiger partial charge >= 0.3 is 0 Å². The average Bonchev–Trinajstić information content (AvgIpc) is 3.16. The second-order valence-corrected chi connectivity index (χ2v) is 6.67. The Morgan fingerprint density at radius 2 is 2.08 bits per heavy atom. The van der Waals surface area contributed by atoms with E-state index in [0.29, 0.717) is 21.5 Å². The molecule has 0 saturated heterocycles. The van der Waals surface area contributed by atoms with Gasteiger partial charge in [-0.3, -0.25) is 10.1 Å². The molecule has 0 aliphatic rings. The third-order valence-electron chi connectivity index (χ3n) is 3.43. The largest absolute Gasteiger partial charge is 0.295 e. The van der Waals surface area contributed by atoms with Crippen LogP contribution in [0, 0.1) is 13.8 Å². The van der Waals surface area contributed by atoms with Gasteiger partial charge in [-0.15, -0.1) is 15.3 Å². The number of aromatic nitrogens is 5. The first-order valence-electron chi connectivity index (χ1n) is 7.32. The summed E-state index contributed by atoms with van der Waals surface area (Å²) in [7, 11) is 0. The van der Waals surface area contributed by atoms with Crippen molar-refractivity contribution in [2.75, 3.05) is 5.32 Å². The van der Waals surface area contributed by atoms with Gasteiger partial charge in [0.25, 0.3) is 5.91 Å². The molecular formula is C15H15ClN6OS. The van der Waals surface area contributed by atoms with Gasteiger partial charge in [-0.25, -0.2) is 4.68 Å². The minimum Gasteiger partial charge on any atom is -0.295 e. The predicted molar refractivity (Wildman–Crippen MR) is 93.1 cm³/mol. The highest BCUT2D eigenvalue weighted by atomic mass is 35.5. The van der Waals surface area contributed by atoms with Crippen LogP contribution in [0.15, 0.2) is 18.2 Å². The second-order valence-electron chi connectivity index (χ2n) is 5.20. The molecule has 24 heavy (non-hydrogen) atoms. The molecule has 9 heteroatoms. The summed E-state index contributed by atoms with van der Waals surface area (Å²) in [5.41, 5.74) is 2.54. The molecule has 0 unspecified atom stereocenters. The summed E-state index contributed by atoms with van der Waals surface area (Å²) in [5, 5.41) is 20.5. The number of benzene rings is 1. The molecule has 0 spiro atoms. The Kier molecular flexibility index (Phi) is 4.59. The molecule has 2 heterocycles. The van der Waals surface area contributed by atoms with Crippen LogP contribution in [0.3, 0.4) is 0 Å². The SMILES string of the molecule is CCc1nnc(NC(=O)c2nnn(-c3cc(C)ccc3Cl)c2C)s1. The molecule has 0 atom stereocenters. The Bertz CT molecular complexity index is 903. The summed E-state index contributed by atoms with van der Waals surface area (Å²) in [6.45, 7) is 5.71. The van der Waals surface area contributed by atoms with E-state index in [0.717, 1.165) is 17.0 Å². The molecular weight excluding hydrogens is 348 g/mol. The predicted octanol–water partition coefficient (Wildman–Crippen LogP) is 3.20. The zero-order chi connectivity index (χ0) is 17.3.